The minimum Gasteiger partial charge on any atom is -0.383 e. The van der Waals surface area contributed by atoms with Gasteiger partial charge in [0, 0.05) is 38.3 Å². The van der Waals surface area contributed by atoms with Crippen molar-refractivity contribution in [1.29, 1.82) is 0 Å². The number of nitrogens with zero attached hydrogens (tertiary/aromatic N) is 3. The van der Waals surface area contributed by atoms with Gasteiger partial charge in [0.25, 0.3) is 0 Å². The third kappa shape index (κ3) is 3.79. The molecule has 0 amide bonds. The Labute approximate surface area is 171 Å². The Bertz CT molecular complexity index is 913. The predicted molar refractivity (Wildman–Crippen MR) is 114 cm³/mol. The SMILES string of the molecule is COCCn1cccc1[C@@H]1[C@H](c2ccccn2)NC(=S)N1Cc1ccccc1. The topological polar surface area (TPSA) is 42.3 Å². The highest BCUT2D eigenvalue weighted by Crippen LogP contribution is 2.39. The molecule has 0 spiro atoms. The van der Waals surface area contributed by atoms with E-state index < -0.39 is 0 Å². The van der Waals surface area contributed by atoms with Crippen LogP contribution in [0.25, 0.3) is 0 Å². The highest BCUT2D eigenvalue weighted by Gasteiger charge is 2.40. The van der Waals surface area contributed by atoms with Crippen LogP contribution in [0.1, 0.15) is 29.0 Å². The average Bonchev–Trinajstić information content (AvgIpc) is 3.32. The molecule has 4 rings (SSSR count). The van der Waals surface area contributed by atoms with E-state index in [0.29, 0.717) is 6.61 Å². The lowest BCUT2D eigenvalue weighted by atomic mass is 10.0. The molecular weight excluding hydrogens is 368 g/mol. The highest BCUT2D eigenvalue weighted by atomic mass is 32.1. The van der Waals surface area contributed by atoms with Crippen LogP contribution in [0.2, 0.25) is 0 Å². The summed E-state index contributed by atoms with van der Waals surface area (Å²) in [5.74, 6) is 0. The normalized spacial score (nSPS) is 19.0. The quantitative estimate of drug-likeness (QED) is 0.621. The van der Waals surface area contributed by atoms with Gasteiger partial charge in [0.2, 0.25) is 0 Å². The van der Waals surface area contributed by atoms with E-state index in [1.54, 1.807) is 7.11 Å². The van der Waals surface area contributed by atoms with Crippen molar-refractivity contribution in [3.63, 3.8) is 0 Å². The van der Waals surface area contributed by atoms with Crippen molar-refractivity contribution in [2.45, 2.75) is 25.2 Å². The molecule has 1 fully saturated rings. The monoisotopic (exact) mass is 392 g/mol. The molecule has 1 aliphatic rings. The lowest BCUT2D eigenvalue weighted by molar-refractivity contribution is 0.183. The first-order valence-corrected chi connectivity index (χ1v) is 9.84. The summed E-state index contributed by atoms with van der Waals surface area (Å²) < 4.78 is 7.55. The molecule has 2 aromatic heterocycles. The van der Waals surface area contributed by atoms with Gasteiger partial charge < -0.3 is 19.5 Å². The zero-order chi connectivity index (χ0) is 19.3. The molecule has 28 heavy (non-hydrogen) atoms. The maximum atomic E-state index is 5.75. The summed E-state index contributed by atoms with van der Waals surface area (Å²) in [6.45, 7) is 2.21. The van der Waals surface area contributed by atoms with Gasteiger partial charge in [0.1, 0.15) is 0 Å². The second-order valence-electron chi connectivity index (χ2n) is 6.86. The van der Waals surface area contributed by atoms with Gasteiger partial charge in [-0.15, -0.1) is 0 Å². The van der Waals surface area contributed by atoms with Crippen molar-refractivity contribution in [2.75, 3.05) is 13.7 Å². The number of methoxy groups -OCH3 is 1. The molecule has 0 unspecified atom stereocenters. The molecule has 1 aliphatic heterocycles. The van der Waals surface area contributed by atoms with Gasteiger partial charge >= 0.3 is 0 Å². The molecule has 3 aromatic rings. The number of rotatable bonds is 7. The van der Waals surface area contributed by atoms with Crippen LogP contribution in [0, 0.1) is 0 Å². The Kier molecular flexibility index (Phi) is 5.69. The van der Waals surface area contributed by atoms with Crippen molar-refractivity contribution in [1.82, 2.24) is 19.8 Å². The Morgan fingerprint density at radius 3 is 2.64 bits per heavy atom. The maximum absolute atomic E-state index is 5.75. The number of nitrogens with one attached hydrogen (secondary N) is 1. The third-order valence-electron chi connectivity index (χ3n) is 5.10. The van der Waals surface area contributed by atoms with E-state index in [2.05, 4.69) is 68.4 Å². The second kappa shape index (κ2) is 8.54. The summed E-state index contributed by atoms with van der Waals surface area (Å²) in [5.41, 5.74) is 3.43. The smallest absolute Gasteiger partial charge is 0.170 e. The minimum absolute atomic E-state index is 0.00592. The molecule has 6 heteroatoms. The maximum Gasteiger partial charge on any atom is 0.170 e. The third-order valence-corrected chi connectivity index (χ3v) is 5.45. The van der Waals surface area contributed by atoms with Crippen LogP contribution in [-0.2, 0) is 17.8 Å². The molecule has 0 aliphatic carbocycles. The lowest BCUT2D eigenvalue weighted by Crippen LogP contribution is -2.30. The number of aromatic nitrogens is 2. The molecule has 1 aromatic carbocycles. The standard InChI is InChI=1S/C22H24N4OS/c1-27-15-14-25-13-7-11-19(25)21-20(18-10-5-6-12-23-18)24-22(28)26(21)16-17-8-3-2-4-9-17/h2-13,20-21H,14-16H2,1H3,(H,24,28)/t20-,21+/m0/s1. The van der Waals surface area contributed by atoms with Gasteiger partial charge in [0.15, 0.2) is 5.11 Å². The van der Waals surface area contributed by atoms with E-state index in [9.17, 15) is 0 Å². The molecule has 0 radical (unpaired) electrons. The van der Waals surface area contributed by atoms with E-state index in [1.807, 2.05) is 24.4 Å². The summed E-state index contributed by atoms with van der Waals surface area (Å²) in [7, 11) is 1.73. The lowest BCUT2D eigenvalue weighted by Gasteiger charge is -2.29. The molecule has 1 N–H and O–H groups in total. The number of hydrogen-bond acceptors (Lipinski definition) is 3. The molecule has 144 valence electrons. The van der Waals surface area contributed by atoms with Crippen LogP contribution in [0.3, 0.4) is 0 Å². The fourth-order valence-corrected chi connectivity index (χ4v) is 4.07. The van der Waals surface area contributed by atoms with E-state index in [4.69, 9.17) is 17.0 Å². The zero-order valence-electron chi connectivity index (χ0n) is 15.9. The number of thiocarbonyl (C=S) groups is 1. The van der Waals surface area contributed by atoms with Crippen LogP contribution in [0.5, 0.6) is 0 Å². The molecule has 0 bridgehead atoms. The summed E-state index contributed by atoms with van der Waals surface area (Å²) in [6, 6.07) is 20.8. The van der Waals surface area contributed by atoms with Crippen molar-refractivity contribution in [3.05, 3.63) is 90.0 Å². The van der Waals surface area contributed by atoms with Gasteiger partial charge in [-0.2, -0.15) is 0 Å². The first-order chi connectivity index (χ1) is 13.8. The van der Waals surface area contributed by atoms with Gasteiger partial charge in [-0.3, -0.25) is 4.98 Å². The Hall–Kier alpha value is -2.70. The summed E-state index contributed by atoms with van der Waals surface area (Å²) in [5, 5.41) is 4.27. The summed E-state index contributed by atoms with van der Waals surface area (Å²) in [6.07, 6.45) is 3.94. The number of benzene rings is 1. The Morgan fingerprint density at radius 2 is 1.89 bits per heavy atom. The average molecular weight is 393 g/mol. The fraction of sp³-hybridized carbons (Fsp3) is 0.273. The minimum atomic E-state index is -0.00592. The molecular formula is C22H24N4OS. The molecule has 3 heterocycles. The van der Waals surface area contributed by atoms with E-state index in [1.165, 1.54) is 11.3 Å². The molecule has 2 atom stereocenters. The largest absolute Gasteiger partial charge is 0.383 e. The zero-order valence-corrected chi connectivity index (χ0v) is 16.7. The van der Waals surface area contributed by atoms with Crippen LogP contribution in [0.15, 0.2) is 73.1 Å². The van der Waals surface area contributed by atoms with Gasteiger partial charge in [-0.05, 0) is 42.0 Å². The van der Waals surface area contributed by atoms with Crippen LogP contribution in [-0.4, -0.2) is 33.3 Å². The fourth-order valence-electron chi connectivity index (χ4n) is 3.77. The predicted octanol–water partition coefficient (Wildman–Crippen LogP) is 3.70. The first-order valence-electron chi connectivity index (χ1n) is 9.44. The van der Waals surface area contributed by atoms with Crippen LogP contribution < -0.4 is 5.32 Å². The highest BCUT2D eigenvalue weighted by molar-refractivity contribution is 7.80. The van der Waals surface area contributed by atoms with E-state index >= 15 is 0 Å². The molecule has 5 nitrogen and oxygen atoms in total. The van der Waals surface area contributed by atoms with E-state index in [-0.39, 0.29) is 12.1 Å². The van der Waals surface area contributed by atoms with Crippen molar-refractivity contribution >= 4 is 17.3 Å². The van der Waals surface area contributed by atoms with E-state index in [0.717, 1.165) is 23.9 Å². The van der Waals surface area contributed by atoms with Crippen molar-refractivity contribution < 1.29 is 4.74 Å². The Morgan fingerprint density at radius 1 is 1.07 bits per heavy atom. The van der Waals surface area contributed by atoms with Crippen LogP contribution in [0.4, 0.5) is 0 Å². The molecule has 0 saturated carbocycles. The van der Waals surface area contributed by atoms with Gasteiger partial charge in [-0.25, -0.2) is 0 Å². The number of hydrogen-bond donors (Lipinski definition) is 1. The van der Waals surface area contributed by atoms with Crippen molar-refractivity contribution in [3.8, 4) is 0 Å². The summed E-state index contributed by atoms with van der Waals surface area (Å²) >= 11 is 5.75. The number of pyridine rings is 1. The Balaban J connectivity index is 1.72. The number of ether oxygens (including phenoxy) is 1. The van der Waals surface area contributed by atoms with Gasteiger partial charge in [0.05, 0.1) is 24.4 Å². The molecule has 1 saturated heterocycles. The van der Waals surface area contributed by atoms with Crippen LogP contribution >= 0.6 is 12.2 Å². The van der Waals surface area contributed by atoms with Gasteiger partial charge in [-0.1, -0.05) is 36.4 Å². The van der Waals surface area contributed by atoms with Crippen molar-refractivity contribution in [2.24, 2.45) is 0 Å². The summed E-state index contributed by atoms with van der Waals surface area (Å²) in [4.78, 5) is 6.87. The second-order valence-corrected chi connectivity index (χ2v) is 7.25. The first kappa shape index (κ1) is 18.7.